The van der Waals surface area contributed by atoms with Crippen LogP contribution in [0, 0.1) is 16.0 Å². The number of nitro groups is 1. The Kier molecular flexibility index (Phi) is 9.89. The van der Waals surface area contributed by atoms with Gasteiger partial charge in [-0.2, -0.15) is 0 Å². The van der Waals surface area contributed by atoms with Crippen LogP contribution in [0.1, 0.15) is 48.6 Å². The number of anilines is 2. The average molecular weight is 641 g/mol. The summed E-state index contributed by atoms with van der Waals surface area (Å²) in [6, 6.07) is 20.2. The van der Waals surface area contributed by atoms with E-state index in [1.165, 1.54) is 30.0 Å². The van der Waals surface area contributed by atoms with Crippen molar-refractivity contribution in [2.45, 2.75) is 51.0 Å². The Bertz CT molecular complexity index is 1770. The van der Waals surface area contributed by atoms with Crippen LogP contribution >= 0.6 is 0 Å². The molecule has 2 heterocycles. The summed E-state index contributed by atoms with van der Waals surface area (Å²) in [6.45, 7) is 3.45. The van der Waals surface area contributed by atoms with Gasteiger partial charge in [0.15, 0.2) is 5.60 Å². The predicted octanol–water partition coefficient (Wildman–Crippen LogP) is 3.65. The number of carbonyl (C=O) groups is 2. The van der Waals surface area contributed by atoms with Gasteiger partial charge in [-0.25, -0.2) is 0 Å². The van der Waals surface area contributed by atoms with Crippen LogP contribution in [0.15, 0.2) is 91.1 Å². The van der Waals surface area contributed by atoms with E-state index in [0.29, 0.717) is 35.6 Å². The summed E-state index contributed by atoms with van der Waals surface area (Å²) < 4.78 is 1.66. The van der Waals surface area contributed by atoms with Crippen LogP contribution < -0.4 is 10.2 Å². The van der Waals surface area contributed by atoms with Gasteiger partial charge in [-0.3, -0.25) is 24.4 Å². The highest BCUT2D eigenvalue weighted by molar-refractivity contribution is 6.07. The summed E-state index contributed by atoms with van der Waals surface area (Å²) in [5.41, 5.74) is 0.918. The molecule has 4 N–H and O–H groups in total. The van der Waals surface area contributed by atoms with E-state index in [1.54, 1.807) is 48.1 Å². The molecular formula is C34H36N6O7. The minimum Gasteiger partial charge on any atom is -0.395 e. The van der Waals surface area contributed by atoms with Crippen LogP contribution in [0.25, 0.3) is 0 Å². The molecule has 0 aliphatic carbocycles. The number of hydrogen-bond donors (Lipinski definition) is 4. The summed E-state index contributed by atoms with van der Waals surface area (Å²) in [4.78, 5) is 38.2. The fraction of sp³-hybridized carbons (Fsp3) is 0.294. The third-order valence-electron chi connectivity index (χ3n) is 8.31. The number of nitrogens with one attached hydrogen (secondary N) is 1. The summed E-state index contributed by atoms with van der Waals surface area (Å²) in [6.07, 6.45) is 4.63. The van der Waals surface area contributed by atoms with Gasteiger partial charge in [0.25, 0.3) is 17.5 Å². The molecule has 4 atom stereocenters. The van der Waals surface area contributed by atoms with Crippen molar-refractivity contribution >= 4 is 28.9 Å². The maximum absolute atomic E-state index is 13.9. The highest BCUT2D eigenvalue weighted by Gasteiger charge is 2.53. The molecule has 13 heteroatoms. The molecule has 5 rings (SSSR count). The first kappa shape index (κ1) is 33.1. The molecule has 0 saturated heterocycles. The Balaban J connectivity index is 1.31. The minimum absolute atomic E-state index is 0.0689. The molecule has 1 aliphatic heterocycles. The number of aliphatic hydroxyl groups excluding tert-OH is 2. The number of allylic oxidation sites excluding steroid dienone is 1. The second-order valence-electron chi connectivity index (χ2n) is 11.5. The molecule has 0 saturated carbocycles. The first-order valence-electron chi connectivity index (χ1n) is 15.2. The number of aryl methyl sites for hydroxylation is 1. The molecule has 13 nitrogen and oxygen atoms in total. The summed E-state index contributed by atoms with van der Waals surface area (Å²) in [7, 11) is 0. The number of hydrogen-bond acceptors (Lipinski definition) is 9. The van der Waals surface area contributed by atoms with E-state index in [0.717, 1.165) is 5.56 Å². The van der Waals surface area contributed by atoms with E-state index in [2.05, 4.69) is 15.6 Å². The number of amides is 2. The zero-order valence-corrected chi connectivity index (χ0v) is 25.9. The molecule has 244 valence electrons. The molecule has 1 aliphatic rings. The predicted molar refractivity (Wildman–Crippen MR) is 173 cm³/mol. The van der Waals surface area contributed by atoms with Crippen LogP contribution in [0.4, 0.5) is 17.1 Å². The van der Waals surface area contributed by atoms with Gasteiger partial charge in [-0.1, -0.05) is 66.8 Å². The first-order chi connectivity index (χ1) is 22.5. The smallest absolute Gasteiger partial charge is 0.269 e. The number of nitrogens with zero attached hydrogens (tertiary/aromatic N) is 5. The quantitative estimate of drug-likeness (QED) is 0.0962. The molecule has 0 fully saturated rings. The van der Waals surface area contributed by atoms with Gasteiger partial charge >= 0.3 is 0 Å². The molecule has 3 aromatic carbocycles. The lowest BCUT2D eigenvalue weighted by Gasteiger charge is -2.27. The van der Waals surface area contributed by atoms with E-state index in [9.17, 15) is 35.0 Å². The third kappa shape index (κ3) is 6.97. The molecule has 0 bridgehead atoms. The van der Waals surface area contributed by atoms with E-state index in [1.807, 2.05) is 36.4 Å². The van der Waals surface area contributed by atoms with Crippen molar-refractivity contribution in [1.29, 1.82) is 0 Å². The maximum atomic E-state index is 13.9. The van der Waals surface area contributed by atoms with E-state index in [4.69, 9.17) is 0 Å². The lowest BCUT2D eigenvalue weighted by atomic mass is 9.82. The number of nitro benzene ring substituents is 1. The van der Waals surface area contributed by atoms with Crippen molar-refractivity contribution in [1.82, 2.24) is 15.0 Å². The lowest BCUT2D eigenvalue weighted by Crippen LogP contribution is -2.44. The highest BCUT2D eigenvalue weighted by atomic mass is 16.6. The Morgan fingerprint density at radius 1 is 1.11 bits per heavy atom. The molecule has 2 amide bonds. The van der Waals surface area contributed by atoms with Gasteiger partial charge in [0.1, 0.15) is 6.10 Å². The van der Waals surface area contributed by atoms with Crippen LogP contribution in [0.5, 0.6) is 0 Å². The van der Waals surface area contributed by atoms with Crippen LogP contribution in [0.2, 0.25) is 0 Å². The summed E-state index contributed by atoms with van der Waals surface area (Å²) >= 11 is 0. The van der Waals surface area contributed by atoms with Gasteiger partial charge in [-0.15, -0.1) is 5.10 Å². The van der Waals surface area contributed by atoms with Gasteiger partial charge in [0.05, 0.1) is 35.4 Å². The number of aromatic nitrogens is 3. The van der Waals surface area contributed by atoms with Crippen molar-refractivity contribution in [3.8, 4) is 0 Å². The molecule has 0 radical (unpaired) electrons. The normalized spacial score (nSPS) is 17.8. The molecule has 1 aromatic heterocycles. The fourth-order valence-corrected chi connectivity index (χ4v) is 5.61. The second kappa shape index (κ2) is 14.0. The van der Waals surface area contributed by atoms with Crippen LogP contribution in [0.3, 0.4) is 0 Å². The van der Waals surface area contributed by atoms with Gasteiger partial charge in [0.2, 0.25) is 0 Å². The zero-order chi connectivity index (χ0) is 33.7. The zero-order valence-electron chi connectivity index (χ0n) is 25.9. The number of fused-ring (bicyclic) bond motifs is 1. The second-order valence-corrected chi connectivity index (χ2v) is 11.5. The monoisotopic (exact) mass is 640 g/mol. The Hall–Kier alpha value is -5.24. The van der Waals surface area contributed by atoms with Gasteiger partial charge in [-0.05, 0) is 42.7 Å². The lowest BCUT2D eigenvalue weighted by molar-refractivity contribution is -0.385. The van der Waals surface area contributed by atoms with Crippen molar-refractivity contribution in [2.75, 3.05) is 16.8 Å². The van der Waals surface area contributed by atoms with Crippen molar-refractivity contribution in [2.24, 2.45) is 5.92 Å². The fourth-order valence-electron chi connectivity index (χ4n) is 5.61. The maximum Gasteiger partial charge on any atom is 0.269 e. The summed E-state index contributed by atoms with van der Waals surface area (Å²) in [5, 5.41) is 53.9. The Labute approximate surface area is 270 Å². The molecule has 47 heavy (non-hydrogen) atoms. The average Bonchev–Trinajstić information content (AvgIpc) is 3.61. The Morgan fingerprint density at radius 2 is 1.83 bits per heavy atom. The number of rotatable bonds is 13. The number of carbonyl (C=O) groups excluding carboxylic acids is 2. The highest BCUT2D eigenvalue weighted by Crippen LogP contribution is 2.47. The SMILES string of the molecule is C[C@H](O)C(=O)Nc1ccc(CN2C(=O)[C@@](O)([C@@H](C)/C=C/CCn3cc(C(CO)c4ccccc4)nn3)c3cc([N+](=O)[O-])ccc32)cc1. The van der Waals surface area contributed by atoms with E-state index < -0.39 is 34.4 Å². The molecule has 0 spiro atoms. The van der Waals surface area contributed by atoms with Gasteiger partial charge in [0, 0.05) is 42.0 Å². The minimum atomic E-state index is -2.06. The molecular weight excluding hydrogens is 604 g/mol. The van der Waals surface area contributed by atoms with Crippen molar-refractivity contribution in [3.05, 3.63) is 124 Å². The van der Waals surface area contributed by atoms with Crippen LogP contribution in [-0.2, 0) is 28.3 Å². The number of benzene rings is 3. The van der Waals surface area contributed by atoms with E-state index in [-0.39, 0.29) is 30.3 Å². The number of aliphatic hydroxyl groups is 3. The standard InChI is InChI=1S/C34H36N6O7/c1-22(8-6-7-17-38-20-30(36-37-38)28(21-41)25-9-4-3-5-10-25)34(45)29-18-27(40(46)47)15-16-31(29)39(33(34)44)19-24-11-13-26(14-12-24)35-32(43)23(2)42/h3-6,8-16,18,20,22-23,28,41-42,45H,7,17,19,21H2,1-2H3,(H,35,43)/b8-6+/t22-,23-,28?,34+/m0/s1. The molecule has 1 unspecified atom stereocenters. The van der Waals surface area contributed by atoms with Crippen molar-refractivity contribution in [3.63, 3.8) is 0 Å². The first-order valence-corrected chi connectivity index (χ1v) is 15.2. The van der Waals surface area contributed by atoms with Crippen LogP contribution in [-0.4, -0.2) is 59.8 Å². The topological polar surface area (TPSA) is 184 Å². The third-order valence-corrected chi connectivity index (χ3v) is 8.31. The van der Waals surface area contributed by atoms with Gasteiger partial charge < -0.3 is 25.5 Å². The largest absolute Gasteiger partial charge is 0.395 e. The molecule has 4 aromatic rings. The Morgan fingerprint density at radius 3 is 2.49 bits per heavy atom. The number of non-ortho nitro benzene ring substituents is 1. The summed E-state index contributed by atoms with van der Waals surface area (Å²) in [5.74, 6) is -2.22. The van der Waals surface area contributed by atoms with E-state index >= 15 is 0 Å². The van der Waals surface area contributed by atoms with Crippen molar-refractivity contribution < 1.29 is 29.8 Å².